The molecule has 164 valence electrons. The summed E-state index contributed by atoms with van der Waals surface area (Å²) >= 11 is 5.34. The van der Waals surface area contributed by atoms with Crippen LogP contribution in [0.5, 0.6) is 0 Å². The number of nitrogen functional groups attached to an aromatic ring is 2. The van der Waals surface area contributed by atoms with E-state index in [0.717, 1.165) is 6.07 Å². The van der Waals surface area contributed by atoms with Crippen LogP contribution in [-0.2, 0) is 15.8 Å². The Bertz CT molecular complexity index is 936. The number of H-pyrrole nitrogens is 1. The van der Waals surface area contributed by atoms with Crippen LogP contribution >= 0.6 is 19.2 Å². The average Bonchev–Trinajstić information content (AvgIpc) is 2.51. The van der Waals surface area contributed by atoms with Crippen molar-refractivity contribution in [1.82, 2.24) is 19.5 Å². The zero-order valence-electron chi connectivity index (χ0n) is 15.6. The fourth-order valence-electron chi connectivity index (χ4n) is 1.75. The number of aromatic amines is 1. The Hall–Kier alpha value is -2.48. The summed E-state index contributed by atoms with van der Waals surface area (Å²) in [6, 6.07) is 2.47. The van der Waals surface area contributed by atoms with Gasteiger partial charge < -0.3 is 36.4 Å². The van der Waals surface area contributed by atoms with Crippen LogP contribution in [0.2, 0.25) is 5.15 Å². The molecule has 2 aromatic rings. The van der Waals surface area contributed by atoms with Gasteiger partial charge in [-0.3, -0.25) is 23.7 Å². The summed E-state index contributed by atoms with van der Waals surface area (Å²) in [7, 11) is -0.733. The van der Waals surface area contributed by atoms with Gasteiger partial charge in [0.05, 0.1) is 13.2 Å². The number of hydrogen-bond acceptors (Lipinski definition) is 9. The van der Waals surface area contributed by atoms with Gasteiger partial charge in [0.15, 0.2) is 0 Å². The molecule has 29 heavy (non-hydrogen) atoms. The first kappa shape index (κ1) is 26.5. The summed E-state index contributed by atoms with van der Waals surface area (Å²) < 4.78 is 16.5. The molecule has 16 heteroatoms. The number of nitrogens with zero attached hydrogens (tertiary/aromatic N) is 4. The highest BCUT2D eigenvalue weighted by atomic mass is 35.5. The van der Waals surface area contributed by atoms with E-state index in [1.54, 1.807) is 19.0 Å². The maximum Gasteiger partial charge on any atom is 0.350 e. The fourth-order valence-corrected chi connectivity index (χ4v) is 2.31. The van der Waals surface area contributed by atoms with Gasteiger partial charge in [0, 0.05) is 26.2 Å². The van der Waals surface area contributed by atoms with Crippen LogP contribution in [0.15, 0.2) is 21.7 Å². The smallest absolute Gasteiger partial charge is 0.350 e. The molecule has 2 heterocycles. The Morgan fingerprint density at radius 3 is 2.34 bits per heavy atom. The van der Waals surface area contributed by atoms with Crippen LogP contribution in [0, 0.1) is 0 Å². The molecule has 0 saturated heterocycles. The molecule has 0 saturated carbocycles. The minimum Gasteiger partial charge on any atom is -0.412 e. The Morgan fingerprint density at radius 2 is 1.90 bits per heavy atom. The minimum absolute atomic E-state index is 0. The van der Waals surface area contributed by atoms with Crippen LogP contribution in [0.3, 0.4) is 0 Å². The van der Waals surface area contributed by atoms with E-state index < -0.39 is 13.9 Å². The predicted octanol–water partition coefficient (Wildman–Crippen LogP) is -1.78. The van der Waals surface area contributed by atoms with Gasteiger partial charge in [0.1, 0.15) is 17.3 Å². The quantitative estimate of drug-likeness (QED) is 0.185. The zero-order valence-corrected chi connectivity index (χ0v) is 17.2. The van der Waals surface area contributed by atoms with Crippen molar-refractivity contribution in [3.8, 4) is 0 Å². The van der Waals surface area contributed by atoms with Crippen molar-refractivity contribution < 1.29 is 24.6 Å². The monoisotopic (exact) mass is 455 g/mol. The Labute approximate surface area is 169 Å². The third kappa shape index (κ3) is 10.0. The third-order valence-electron chi connectivity index (χ3n) is 2.93. The topological polar surface area (TPSA) is 234 Å². The summed E-state index contributed by atoms with van der Waals surface area (Å²) in [5, 5.41) is 0.108. The summed E-state index contributed by atoms with van der Waals surface area (Å²) in [4.78, 5) is 50.8. The van der Waals surface area contributed by atoms with Crippen molar-refractivity contribution in [1.29, 1.82) is 0 Å². The molecule has 2 rings (SSSR count). The molecule has 0 bridgehead atoms. The molecule has 0 unspecified atom stereocenters. The molecule has 0 spiro atoms. The van der Waals surface area contributed by atoms with E-state index >= 15 is 0 Å². The highest BCUT2D eigenvalue weighted by molar-refractivity contribution is 7.51. The lowest BCUT2D eigenvalue weighted by atomic mass is 10.5. The van der Waals surface area contributed by atoms with Gasteiger partial charge >= 0.3 is 7.60 Å². The molecule has 0 radical (unpaired) electrons. The average molecular weight is 456 g/mol. The minimum atomic E-state index is -4.19. The van der Waals surface area contributed by atoms with Crippen molar-refractivity contribution in [2.24, 2.45) is 0 Å². The zero-order chi connectivity index (χ0) is 21.5. The lowest BCUT2D eigenvalue weighted by Crippen LogP contribution is -2.27. The lowest BCUT2D eigenvalue weighted by Gasteiger charge is -2.14. The largest absolute Gasteiger partial charge is 0.412 e. The number of halogens is 1. The molecular weight excluding hydrogens is 433 g/mol. The van der Waals surface area contributed by atoms with E-state index in [4.69, 9.17) is 37.6 Å². The Balaban J connectivity index is 0.000000658. The highest BCUT2D eigenvalue weighted by Gasteiger charge is 2.13. The van der Waals surface area contributed by atoms with Crippen molar-refractivity contribution in [3.05, 3.63) is 38.0 Å². The SMILES string of the molecule is CN(C)c1cc(=O)n(CCOCP(=O)(O)O)c(N)n1.Nc1nc(Cl)cc(=O)[nH]1.O. The molecular formula is C13H23ClN7O7P. The normalized spacial score (nSPS) is 10.5. The number of hydrogen-bond donors (Lipinski definition) is 5. The predicted molar refractivity (Wildman–Crippen MR) is 108 cm³/mol. The summed E-state index contributed by atoms with van der Waals surface area (Å²) in [6.07, 6.45) is -0.690. The molecule has 0 aliphatic heterocycles. The lowest BCUT2D eigenvalue weighted by molar-refractivity contribution is 0.148. The second-order valence-electron chi connectivity index (χ2n) is 5.51. The van der Waals surface area contributed by atoms with Crippen LogP contribution in [0.4, 0.5) is 17.7 Å². The second kappa shape index (κ2) is 11.5. The molecule has 0 fully saturated rings. The molecule has 2 aromatic heterocycles. The first-order valence-corrected chi connectivity index (χ1v) is 9.76. The Morgan fingerprint density at radius 1 is 1.28 bits per heavy atom. The van der Waals surface area contributed by atoms with Crippen LogP contribution in [0.25, 0.3) is 0 Å². The van der Waals surface area contributed by atoms with Crippen LogP contribution in [0.1, 0.15) is 0 Å². The first-order valence-electron chi connectivity index (χ1n) is 7.58. The van der Waals surface area contributed by atoms with Crippen molar-refractivity contribution in [2.75, 3.05) is 43.4 Å². The molecule has 0 amide bonds. The maximum atomic E-state index is 11.8. The number of anilines is 3. The number of rotatable bonds is 6. The number of aromatic nitrogens is 4. The number of ether oxygens (including phenoxy) is 1. The molecule has 0 aromatic carbocycles. The summed E-state index contributed by atoms with van der Waals surface area (Å²) in [5.74, 6) is 0.498. The van der Waals surface area contributed by atoms with E-state index in [2.05, 4.69) is 15.0 Å². The van der Waals surface area contributed by atoms with E-state index in [1.165, 1.54) is 10.6 Å². The third-order valence-corrected chi connectivity index (χ3v) is 3.64. The first-order chi connectivity index (χ1) is 12.9. The van der Waals surface area contributed by atoms with Gasteiger partial charge in [-0.25, -0.2) is 4.98 Å². The molecule has 14 nitrogen and oxygen atoms in total. The van der Waals surface area contributed by atoms with E-state index in [1.807, 2.05) is 0 Å². The molecule has 0 aliphatic rings. The fraction of sp³-hybridized carbons (Fsp3) is 0.385. The van der Waals surface area contributed by atoms with Gasteiger partial charge in [-0.05, 0) is 0 Å². The van der Waals surface area contributed by atoms with Gasteiger partial charge in [0.2, 0.25) is 11.9 Å². The van der Waals surface area contributed by atoms with Crippen molar-refractivity contribution in [2.45, 2.75) is 6.54 Å². The van der Waals surface area contributed by atoms with Crippen molar-refractivity contribution in [3.63, 3.8) is 0 Å². The molecule has 9 N–H and O–H groups in total. The van der Waals surface area contributed by atoms with Crippen LogP contribution < -0.4 is 27.5 Å². The van der Waals surface area contributed by atoms with Crippen molar-refractivity contribution >= 4 is 36.9 Å². The summed E-state index contributed by atoms with van der Waals surface area (Å²) in [6.45, 7) is 0.0313. The van der Waals surface area contributed by atoms with Crippen LogP contribution in [-0.4, -0.2) is 61.8 Å². The molecule has 0 aliphatic carbocycles. The maximum absolute atomic E-state index is 11.8. The number of nitrogens with one attached hydrogen (secondary N) is 1. The van der Waals surface area contributed by atoms with Gasteiger partial charge in [-0.1, -0.05) is 11.6 Å². The summed E-state index contributed by atoms with van der Waals surface area (Å²) in [5.41, 5.74) is 10.1. The van der Waals surface area contributed by atoms with Gasteiger partial charge in [0.25, 0.3) is 11.1 Å². The molecule has 0 atom stereocenters. The van der Waals surface area contributed by atoms with E-state index in [9.17, 15) is 14.2 Å². The highest BCUT2D eigenvalue weighted by Crippen LogP contribution is 2.33. The standard InChI is InChI=1S/C9H17N4O5P.C4H4ClN3O.H2O/c1-12(2)7-5-8(14)13(9(10)11-7)3-4-18-6-19(15,16)17;5-2-1-3(9)8-4(6)7-2;/h5H,3-4,6H2,1-2H3,(H2,10,11)(H2,15,16,17);1H,(H3,6,7,8,9);1H2. The van der Waals surface area contributed by atoms with Gasteiger partial charge in [-0.2, -0.15) is 4.98 Å². The van der Waals surface area contributed by atoms with Gasteiger partial charge in [-0.15, -0.1) is 0 Å². The second-order valence-corrected chi connectivity index (χ2v) is 7.49. The van der Waals surface area contributed by atoms with E-state index in [0.29, 0.717) is 5.82 Å². The van der Waals surface area contributed by atoms with E-state index in [-0.39, 0.29) is 46.8 Å². The number of nitrogens with two attached hydrogens (primary N) is 2. The Kier molecular flexibility index (Phi) is 10.5.